The molecule has 2 rings (SSSR count). The third kappa shape index (κ3) is 4.87. The third-order valence-corrected chi connectivity index (χ3v) is 6.55. The van der Waals surface area contributed by atoms with Gasteiger partial charge in [0.15, 0.2) is 0 Å². The predicted octanol–water partition coefficient (Wildman–Crippen LogP) is 3.92. The summed E-state index contributed by atoms with van der Waals surface area (Å²) in [5, 5.41) is 9.53. The molecule has 0 atom stereocenters. The second kappa shape index (κ2) is 8.70. The van der Waals surface area contributed by atoms with E-state index in [4.69, 9.17) is 11.6 Å². The first-order valence-electron chi connectivity index (χ1n) is 8.05. The van der Waals surface area contributed by atoms with Crippen LogP contribution in [0.5, 0.6) is 0 Å². The first kappa shape index (κ1) is 20.5. The maximum absolute atomic E-state index is 12.4. The number of nitrogens with one attached hydrogen (secondary N) is 1. The number of carboxylic acids is 1. The lowest BCUT2D eigenvalue weighted by atomic mass is 10.2. The molecule has 0 saturated carbocycles. The van der Waals surface area contributed by atoms with E-state index in [0.29, 0.717) is 23.2 Å². The van der Waals surface area contributed by atoms with Crippen molar-refractivity contribution in [2.75, 3.05) is 22.7 Å². The van der Waals surface area contributed by atoms with Crippen molar-refractivity contribution in [3.63, 3.8) is 0 Å². The number of pyridine rings is 1. The van der Waals surface area contributed by atoms with E-state index < -0.39 is 16.0 Å². The van der Waals surface area contributed by atoms with Gasteiger partial charge >= 0.3 is 5.97 Å². The van der Waals surface area contributed by atoms with Gasteiger partial charge in [-0.2, -0.15) is 0 Å². The number of aromatic carboxylic acids is 1. The van der Waals surface area contributed by atoms with Gasteiger partial charge in [0.25, 0.3) is 10.0 Å². The van der Waals surface area contributed by atoms with Crippen molar-refractivity contribution in [3.8, 4) is 0 Å². The average Bonchev–Trinajstić information content (AvgIpc) is 3.02. The molecule has 0 unspecified atom stereocenters. The van der Waals surface area contributed by atoms with Crippen LogP contribution in [0.2, 0.25) is 4.34 Å². The van der Waals surface area contributed by atoms with Crippen LogP contribution in [0.3, 0.4) is 0 Å². The number of anilines is 2. The molecule has 2 aromatic heterocycles. The van der Waals surface area contributed by atoms with E-state index in [1.54, 1.807) is 0 Å². The summed E-state index contributed by atoms with van der Waals surface area (Å²) in [4.78, 5) is 17.8. The van der Waals surface area contributed by atoms with E-state index in [1.165, 1.54) is 24.4 Å². The van der Waals surface area contributed by atoms with E-state index in [1.807, 2.05) is 18.7 Å². The van der Waals surface area contributed by atoms with Crippen LogP contribution in [0.15, 0.2) is 28.6 Å². The quantitative estimate of drug-likeness (QED) is 0.641. The number of nitrogens with zero attached hydrogens (tertiary/aromatic N) is 2. The lowest BCUT2D eigenvalue weighted by Crippen LogP contribution is -2.28. The Labute approximate surface area is 161 Å². The SMILES string of the molecule is CCCN(CCC)c1ncc(NS(=O)(=O)c2ccc(Cl)s2)cc1C(=O)O. The number of sulfonamides is 1. The van der Waals surface area contributed by atoms with Crippen LogP contribution in [-0.4, -0.2) is 37.6 Å². The van der Waals surface area contributed by atoms with Crippen LogP contribution < -0.4 is 9.62 Å². The summed E-state index contributed by atoms with van der Waals surface area (Å²) in [6.45, 7) is 5.33. The zero-order chi connectivity index (χ0) is 19.3. The number of carbonyl (C=O) groups is 1. The maximum Gasteiger partial charge on any atom is 0.339 e. The van der Waals surface area contributed by atoms with Gasteiger partial charge in [-0.15, -0.1) is 11.3 Å². The summed E-state index contributed by atoms with van der Waals surface area (Å²) < 4.78 is 27.5. The summed E-state index contributed by atoms with van der Waals surface area (Å²) in [6, 6.07) is 4.16. The van der Waals surface area contributed by atoms with E-state index >= 15 is 0 Å². The number of thiophene rings is 1. The molecule has 0 saturated heterocycles. The summed E-state index contributed by atoms with van der Waals surface area (Å²) in [7, 11) is -3.85. The predicted molar refractivity (Wildman–Crippen MR) is 104 cm³/mol. The molecule has 10 heteroatoms. The topological polar surface area (TPSA) is 99.6 Å². The Bertz CT molecular complexity index is 877. The number of carboxylic acid groups (broad SMARTS) is 1. The number of rotatable bonds is 9. The number of hydrogen-bond donors (Lipinski definition) is 2. The monoisotopic (exact) mass is 417 g/mol. The van der Waals surface area contributed by atoms with Crippen molar-refractivity contribution in [1.29, 1.82) is 0 Å². The number of halogens is 1. The number of aromatic nitrogens is 1. The molecule has 0 fully saturated rings. The molecule has 2 heterocycles. The highest BCUT2D eigenvalue weighted by molar-refractivity contribution is 7.94. The lowest BCUT2D eigenvalue weighted by Gasteiger charge is -2.24. The first-order chi connectivity index (χ1) is 12.3. The molecule has 7 nitrogen and oxygen atoms in total. The molecular weight excluding hydrogens is 398 g/mol. The minimum atomic E-state index is -3.85. The summed E-state index contributed by atoms with van der Waals surface area (Å²) >= 11 is 6.70. The largest absolute Gasteiger partial charge is 0.478 e. The van der Waals surface area contributed by atoms with Crippen molar-refractivity contribution in [2.24, 2.45) is 0 Å². The summed E-state index contributed by atoms with van der Waals surface area (Å²) in [6.07, 6.45) is 3.01. The van der Waals surface area contributed by atoms with E-state index in [9.17, 15) is 18.3 Å². The van der Waals surface area contributed by atoms with Crippen molar-refractivity contribution >= 4 is 50.4 Å². The fourth-order valence-corrected chi connectivity index (χ4v) is 4.95. The second-order valence-electron chi connectivity index (χ2n) is 5.55. The molecule has 2 aromatic rings. The highest BCUT2D eigenvalue weighted by Crippen LogP contribution is 2.28. The fourth-order valence-electron chi connectivity index (χ4n) is 2.43. The van der Waals surface area contributed by atoms with Crippen molar-refractivity contribution < 1.29 is 18.3 Å². The molecule has 0 aliphatic heterocycles. The maximum atomic E-state index is 12.4. The van der Waals surface area contributed by atoms with Gasteiger partial charge in [-0.3, -0.25) is 4.72 Å². The Balaban J connectivity index is 2.37. The molecular formula is C16H20ClN3O4S2. The zero-order valence-corrected chi connectivity index (χ0v) is 16.8. The minimum absolute atomic E-state index is 0.0436. The molecule has 0 spiro atoms. The fraction of sp³-hybridized carbons (Fsp3) is 0.375. The zero-order valence-electron chi connectivity index (χ0n) is 14.4. The molecule has 142 valence electrons. The second-order valence-corrected chi connectivity index (χ2v) is 9.18. The minimum Gasteiger partial charge on any atom is -0.478 e. The average molecular weight is 418 g/mol. The van der Waals surface area contributed by atoms with Crippen molar-refractivity contribution in [1.82, 2.24) is 4.98 Å². The lowest BCUT2D eigenvalue weighted by molar-refractivity contribution is 0.0697. The van der Waals surface area contributed by atoms with Gasteiger partial charge in [0.1, 0.15) is 15.6 Å². The Kier molecular flexibility index (Phi) is 6.85. The normalized spacial score (nSPS) is 11.3. The van der Waals surface area contributed by atoms with Crippen LogP contribution in [-0.2, 0) is 10.0 Å². The van der Waals surface area contributed by atoms with Crippen LogP contribution >= 0.6 is 22.9 Å². The molecule has 2 N–H and O–H groups in total. The van der Waals surface area contributed by atoms with Gasteiger partial charge in [-0.1, -0.05) is 25.4 Å². The molecule has 0 aromatic carbocycles. The highest BCUT2D eigenvalue weighted by Gasteiger charge is 2.21. The van der Waals surface area contributed by atoms with Gasteiger partial charge in [0.05, 0.1) is 16.2 Å². The Morgan fingerprint density at radius 3 is 2.46 bits per heavy atom. The van der Waals surface area contributed by atoms with Gasteiger partial charge < -0.3 is 10.0 Å². The van der Waals surface area contributed by atoms with Crippen LogP contribution in [0.1, 0.15) is 37.0 Å². The van der Waals surface area contributed by atoms with Gasteiger partial charge in [-0.05, 0) is 31.0 Å². The summed E-state index contributed by atoms with van der Waals surface area (Å²) in [5.41, 5.74) is 0.0416. The van der Waals surface area contributed by atoms with Gasteiger partial charge in [0.2, 0.25) is 0 Å². The van der Waals surface area contributed by atoms with Gasteiger partial charge in [0, 0.05) is 13.1 Å². The summed E-state index contributed by atoms with van der Waals surface area (Å²) in [5.74, 6) is -0.826. The number of hydrogen-bond acceptors (Lipinski definition) is 6. The van der Waals surface area contributed by atoms with Crippen molar-refractivity contribution in [2.45, 2.75) is 30.9 Å². The third-order valence-electron chi connectivity index (χ3n) is 3.45. The molecule has 0 bridgehead atoms. The highest BCUT2D eigenvalue weighted by atomic mass is 35.5. The molecule has 0 aliphatic rings. The Morgan fingerprint density at radius 2 is 1.96 bits per heavy atom. The molecule has 0 amide bonds. The van der Waals surface area contributed by atoms with Gasteiger partial charge in [-0.25, -0.2) is 18.2 Å². The van der Waals surface area contributed by atoms with E-state index in [-0.39, 0.29) is 15.5 Å². The molecule has 0 radical (unpaired) electrons. The van der Waals surface area contributed by atoms with E-state index in [2.05, 4.69) is 9.71 Å². The van der Waals surface area contributed by atoms with E-state index in [0.717, 1.165) is 24.2 Å². The van der Waals surface area contributed by atoms with Crippen molar-refractivity contribution in [3.05, 3.63) is 34.3 Å². The van der Waals surface area contributed by atoms with Crippen LogP contribution in [0, 0.1) is 0 Å². The Morgan fingerprint density at radius 1 is 1.31 bits per heavy atom. The Hall–Kier alpha value is -1.84. The molecule has 26 heavy (non-hydrogen) atoms. The standard InChI is InChI=1S/C16H20ClN3O4S2/c1-3-7-20(8-4-2)15-12(16(21)22)9-11(10-18-15)19-26(23,24)14-6-5-13(17)25-14/h5-6,9-10,19H,3-4,7-8H2,1-2H3,(H,21,22). The first-order valence-corrected chi connectivity index (χ1v) is 10.7. The van der Waals surface area contributed by atoms with Crippen LogP contribution in [0.4, 0.5) is 11.5 Å². The smallest absolute Gasteiger partial charge is 0.339 e. The molecule has 0 aliphatic carbocycles. The van der Waals surface area contributed by atoms with Crippen LogP contribution in [0.25, 0.3) is 0 Å².